The quantitative estimate of drug-likeness (QED) is 0.623. The largest absolute Gasteiger partial charge is 0.300 e. The van der Waals surface area contributed by atoms with Gasteiger partial charge in [-0.1, -0.05) is 29.3 Å². The molecule has 0 atom stereocenters. The number of thiazole rings is 1. The van der Waals surface area contributed by atoms with Gasteiger partial charge >= 0.3 is 0 Å². The molecule has 3 nitrogen and oxygen atoms in total. The van der Waals surface area contributed by atoms with Gasteiger partial charge in [-0.15, -0.1) is 11.3 Å². The highest BCUT2D eigenvalue weighted by Gasteiger charge is 2.24. The summed E-state index contributed by atoms with van der Waals surface area (Å²) < 4.78 is 0. The molecule has 0 spiro atoms. The number of aromatic nitrogens is 1. The lowest BCUT2D eigenvalue weighted by Gasteiger charge is -2.16. The summed E-state index contributed by atoms with van der Waals surface area (Å²) in [5, 5.41) is 1.85. The van der Waals surface area contributed by atoms with Crippen molar-refractivity contribution in [1.82, 2.24) is 4.98 Å². The Morgan fingerprint density at radius 3 is 2.88 bits per heavy atom. The van der Waals surface area contributed by atoms with Crippen LogP contribution in [0, 0.1) is 0 Å². The van der Waals surface area contributed by atoms with Crippen molar-refractivity contribution >= 4 is 39.7 Å². The van der Waals surface area contributed by atoms with Gasteiger partial charge in [-0.25, -0.2) is 10.8 Å². The number of anilines is 1. The molecule has 0 radical (unpaired) electrons. The molecule has 1 aliphatic rings. The van der Waals surface area contributed by atoms with Crippen molar-refractivity contribution in [3.63, 3.8) is 0 Å². The minimum atomic E-state index is 0.563. The van der Waals surface area contributed by atoms with E-state index in [1.807, 2.05) is 12.1 Å². The maximum absolute atomic E-state index is 6.27. The van der Waals surface area contributed by atoms with Gasteiger partial charge in [0.05, 0.1) is 15.7 Å². The third-order valence-electron chi connectivity index (χ3n) is 2.86. The highest BCUT2D eigenvalue weighted by atomic mass is 35.5. The Morgan fingerprint density at radius 2 is 2.12 bits per heavy atom. The summed E-state index contributed by atoms with van der Waals surface area (Å²) in [5.41, 5.74) is 5.65. The van der Waals surface area contributed by atoms with Gasteiger partial charge in [-0.2, -0.15) is 0 Å². The van der Waals surface area contributed by atoms with Crippen LogP contribution in [0.25, 0.3) is 11.3 Å². The van der Waals surface area contributed by atoms with Crippen LogP contribution >= 0.6 is 34.5 Å². The van der Waals surface area contributed by atoms with Crippen molar-refractivity contribution in [1.29, 1.82) is 0 Å². The topological polar surface area (TPSA) is 50.9 Å². The van der Waals surface area contributed by atoms with Gasteiger partial charge in [0.1, 0.15) is 0 Å². The number of hydrogen-bond donors (Lipinski definition) is 2. The van der Waals surface area contributed by atoms with E-state index >= 15 is 0 Å². The number of rotatable bonds is 1. The molecular formula is C11H9Cl2N3S. The lowest BCUT2D eigenvalue weighted by atomic mass is 9.93. The SMILES string of the molecule is NNc1nc2c(s1)CCc1ccc(Cl)c(Cl)c1-2. The first-order valence-corrected chi connectivity index (χ1v) is 6.71. The molecule has 1 heterocycles. The van der Waals surface area contributed by atoms with Crippen LogP contribution in [-0.4, -0.2) is 4.98 Å². The van der Waals surface area contributed by atoms with Crippen molar-refractivity contribution in [2.24, 2.45) is 5.84 Å². The number of aryl methyl sites for hydroxylation is 2. The predicted molar refractivity (Wildman–Crippen MR) is 72.8 cm³/mol. The molecule has 88 valence electrons. The van der Waals surface area contributed by atoms with Crippen molar-refractivity contribution < 1.29 is 0 Å². The minimum absolute atomic E-state index is 0.563. The third-order valence-corrected chi connectivity index (χ3v) is 4.71. The van der Waals surface area contributed by atoms with Crippen molar-refractivity contribution in [3.8, 4) is 11.3 Å². The first-order chi connectivity index (χ1) is 8.20. The highest BCUT2D eigenvalue weighted by Crippen LogP contribution is 2.43. The molecule has 1 aromatic carbocycles. The van der Waals surface area contributed by atoms with E-state index in [2.05, 4.69) is 10.4 Å². The monoisotopic (exact) mass is 285 g/mol. The fourth-order valence-electron chi connectivity index (χ4n) is 2.08. The Bertz CT molecular complexity index is 595. The number of halogens is 2. The number of benzene rings is 1. The van der Waals surface area contributed by atoms with Crippen LogP contribution < -0.4 is 11.3 Å². The molecule has 0 unspecified atom stereocenters. The van der Waals surface area contributed by atoms with Crippen LogP contribution in [0.15, 0.2) is 12.1 Å². The van der Waals surface area contributed by atoms with Crippen LogP contribution in [-0.2, 0) is 12.8 Å². The number of fused-ring (bicyclic) bond motifs is 3. The molecule has 0 bridgehead atoms. The van der Waals surface area contributed by atoms with Gasteiger partial charge < -0.3 is 0 Å². The van der Waals surface area contributed by atoms with Crippen LogP contribution in [0.1, 0.15) is 10.4 Å². The average molecular weight is 286 g/mol. The van der Waals surface area contributed by atoms with Crippen molar-refractivity contribution in [2.45, 2.75) is 12.8 Å². The first kappa shape index (κ1) is 11.3. The summed E-state index contributed by atoms with van der Waals surface area (Å²) in [6, 6.07) is 3.85. The second kappa shape index (κ2) is 4.14. The normalized spacial score (nSPS) is 13.1. The number of hydrogen-bond acceptors (Lipinski definition) is 4. The molecule has 0 saturated carbocycles. The van der Waals surface area contributed by atoms with E-state index in [1.54, 1.807) is 11.3 Å². The van der Waals surface area contributed by atoms with Crippen molar-refractivity contribution in [3.05, 3.63) is 32.6 Å². The fourth-order valence-corrected chi connectivity index (χ4v) is 3.39. The Balaban J connectivity index is 2.27. The van der Waals surface area contributed by atoms with E-state index in [0.717, 1.165) is 24.1 Å². The third kappa shape index (κ3) is 1.72. The van der Waals surface area contributed by atoms with E-state index < -0.39 is 0 Å². The van der Waals surface area contributed by atoms with Crippen LogP contribution in [0.3, 0.4) is 0 Å². The molecule has 0 amide bonds. The van der Waals surface area contributed by atoms with E-state index in [-0.39, 0.29) is 0 Å². The standard InChI is InChI=1S/C11H9Cl2N3S/c12-6-3-1-5-2-4-7-10(8(5)9(6)13)15-11(16-14)17-7/h1,3H,2,4,14H2,(H,15,16). The number of nitrogen functional groups attached to an aromatic ring is 1. The van der Waals surface area contributed by atoms with E-state index in [1.165, 1.54) is 10.4 Å². The summed E-state index contributed by atoms with van der Waals surface area (Å²) in [7, 11) is 0. The molecule has 1 aromatic heterocycles. The summed E-state index contributed by atoms with van der Waals surface area (Å²) in [6.07, 6.45) is 1.94. The summed E-state index contributed by atoms with van der Waals surface area (Å²) in [6.45, 7) is 0. The molecule has 1 aliphatic carbocycles. The van der Waals surface area contributed by atoms with Gasteiger partial charge in [-0.3, -0.25) is 5.43 Å². The maximum Gasteiger partial charge on any atom is 0.197 e. The van der Waals surface area contributed by atoms with E-state index in [9.17, 15) is 0 Å². The molecule has 0 saturated heterocycles. The molecule has 2 aromatic rings. The summed E-state index contributed by atoms with van der Waals surface area (Å²) in [4.78, 5) is 5.66. The zero-order chi connectivity index (χ0) is 12.0. The molecular weight excluding hydrogens is 277 g/mol. The minimum Gasteiger partial charge on any atom is -0.300 e. The zero-order valence-electron chi connectivity index (χ0n) is 8.76. The zero-order valence-corrected chi connectivity index (χ0v) is 11.1. The van der Waals surface area contributed by atoms with Gasteiger partial charge in [0, 0.05) is 10.4 Å². The smallest absolute Gasteiger partial charge is 0.197 e. The molecule has 6 heteroatoms. The Labute approximate surface area is 113 Å². The van der Waals surface area contributed by atoms with E-state index in [4.69, 9.17) is 29.0 Å². The van der Waals surface area contributed by atoms with Gasteiger partial charge in [0.2, 0.25) is 0 Å². The lowest BCUT2D eigenvalue weighted by Crippen LogP contribution is -2.06. The van der Waals surface area contributed by atoms with E-state index in [0.29, 0.717) is 15.2 Å². The second-order valence-corrected chi connectivity index (χ2v) is 5.70. The predicted octanol–water partition coefficient (Wildman–Crippen LogP) is 3.50. The number of nitrogens with one attached hydrogen (secondary N) is 1. The lowest BCUT2D eigenvalue weighted by molar-refractivity contribution is 0.955. The molecule has 17 heavy (non-hydrogen) atoms. The second-order valence-electron chi connectivity index (χ2n) is 3.83. The summed E-state index contributed by atoms with van der Waals surface area (Å²) >= 11 is 13.9. The number of hydrazine groups is 1. The molecule has 0 aliphatic heterocycles. The number of nitrogens with zero attached hydrogens (tertiary/aromatic N) is 1. The Kier molecular flexibility index (Phi) is 2.75. The van der Waals surface area contributed by atoms with Gasteiger partial charge in [0.15, 0.2) is 5.13 Å². The van der Waals surface area contributed by atoms with Gasteiger partial charge in [-0.05, 0) is 24.5 Å². The fraction of sp³-hybridized carbons (Fsp3) is 0.182. The molecule has 3 rings (SSSR count). The molecule has 3 N–H and O–H groups in total. The maximum atomic E-state index is 6.27. The summed E-state index contributed by atoms with van der Waals surface area (Å²) in [5.74, 6) is 5.39. The van der Waals surface area contributed by atoms with Gasteiger partial charge in [0.25, 0.3) is 0 Å². The van der Waals surface area contributed by atoms with Crippen LogP contribution in [0.2, 0.25) is 10.0 Å². The Hall–Kier alpha value is -0.810. The average Bonchev–Trinajstić information content (AvgIpc) is 2.76. The Morgan fingerprint density at radius 1 is 1.29 bits per heavy atom. The molecule has 0 fully saturated rings. The highest BCUT2D eigenvalue weighted by molar-refractivity contribution is 7.16. The van der Waals surface area contributed by atoms with Crippen molar-refractivity contribution in [2.75, 3.05) is 5.43 Å². The first-order valence-electron chi connectivity index (χ1n) is 5.14. The van der Waals surface area contributed by atoms with Crippen LogP contribution in [0.4, 0.5) is 5.13 Å². The number of nitrogens with two attached hydrogens (primary N) is 1. The van der Waals surface area contributed by atoms with Crippen LogP contribution in [0.5, 0.6) is 0 Å².